The molecule has 0 aliphatic carbocycles. The van der Waals surface area contributed by atoms with Crippen LogP contribution < -0.4 is 5.32 Å². The average molecular weight is 258 g/mol. The Bertz CT molecular complexity index is 500. The van der Waals surface area contributed by atoms with E-state index in [1.807, 2.05) is 12.1 Å². The van der Waals surface area contributed by atoms with E-state index >= 15 is 0 Å². The van der Waals surface area contributed by atoms with Gasteiger partial charge in [0.05, 0.1) is 0 Å². The van der Waals surface area contributed by atoms with Crippen molar-refractivity contribution in [1.29, 1.82) is 0 Å². The highest BCUT2D eigenvalue weighted by Gasteiger charge is 1.99. The molecule has 3 nitrogen and oxygen atoms in total. The zero-order chi connectivity index (χ0) is 13.7. The van der Waals surface area contributed by atoms with Crippen LogP contribution in [0, 0.1) is 5.92 Å². The first-order chi connectivity index (χ1) is 9.13. The van der Waals surface area contributed by atoms with Gasteiger partial charge in [-0.15, -0.1) is 0 Å². The van der Waals surface area contributed by atoms with Gasteiger partial charge in [0, 0.05) is 25.5 Å². The van der Waals surface area contributed by atoms with Crippen LogP contribution in [0.5, 0.6) is 5.75 Å². The number of hydrogen-bond acceptors (Lipinski definition) is 2. The van der Waals surface area contributed by atoms with Crippen molar-refractivity contribution >= 4 is 0 Å². The molecule has 0 spiro atoms. The number of benzene rings is 1. The number of nitrogens with one attached hydrogen (secondary N) is 1. The first-order valence-electron chi connectivity index (χ1n) is 6.77. The summed E-state index contributed by atoms with van der Waals surface area (Å²) in [6.07, 6.45) is 4.26. The van der Waals surface area contributed by atoms with Crippen LogP contribution in [-0.4, -0.2) is 16.2 Å². The molecule has 0 radical (unpaired) electrons. The predicted octanol–water partition coefficient (Wildman–Crippen LogP) is 2.99. The van der Waals surface area contributed by atoms with E-state index < -0.39 is 0 Å². The second kappa shape index (κ2) is 6.43. The fraction of sp³-hybridized carbons (Fsp3) is 0.375. The minimum atomic E-state index is 0.315. The van der Waals surface area contributed by atoms with Crippen molar-refractivity contribution in [3.8, 4) is 5.75 Å². The molecule has 1 heterocycles. The van der Waals surface area contributed by atoms with Gasteiger partial charge in [0.1, 0.15) is 5.75 Å². The molecule has 0 atom stereocenters. The summed E-state index contributed by atoms with van der Waals surface area (Å²) in [4.78, 5) is 0. The zero-order valence-electron chi connectivity index (χ0n) is 11.6. The summed E-state index contributed by atoms with van der Waals surface area (Å²) in [5, 5.41) is 12.7. The second-order valence-corrected chi connectivity index (χ2v) is 5.38. The number of aromatic hydroxyl groups is 1. The third-order valence-corrected chi connectivity index (χ3v) is 2.99. The van der Waals surface area contributed by atoms with Crippen LogP contribution in [0.25, 0.3) is 0 Å². The molecule has 0 fully saturated rings. The zero-order valence-corrected chi connectivity index (χ0v) is 11.6. The quantitative estimate of drug-likeness (QED) is 0.836. The van der Waals surface area contributed by atoms with E-state index in [0.29, 0.717) is 11.7 Å². The van der Waals surface area contributed by atoms with Gasteiger partial charge < -0.3 is 15.0 Å². The average Bonchev–Trinajstić information content (AvgIpc) is 2.79. The SMILES string of the molecule is CC(C)CNCc1ccn(Cc2ccc(O)cc2)c1. The van der Waals surface area contributed by atoms with Gasteiger partial charge in [0.2, 0.25) is 0 Å². The molecule has 0 aliphatic rings. The summed E-state index contributed by atoms with van der Waals surface area (Å²) in [5.74, 6) is 0.994. The molecule has 1 aromatic carbocycles. The molecule has 19 heavy (non-hydrogen) atoms. The van der Waals surface area contributed by atoms with E-state index in [4.69, 9.17) is 0 Å². The molecule has 0 aliphatic heterocycles. The van der Waals surface area contributed by atoms with Gasteiger partial charge in [-0.05, 0) is 41.8 Å². The van der Waals surface area contributed by atoms with E-state index in [0.717, 1.165) is 19.6 Å². The Kier molecular flexibility index (Phi) is 4.63. The smallest absolute Gasteiger partial charge is 0.115 e. The van der Waals surface area contributed by atoms with Gasteiger partial charge in [-0.25, -0.2) is 0 Å². The van der Waals surface area contributed by atoms with Crippen LogP contribution in [0.2, 0.25) is 0 Å². The Morgan fingerprint density at radius 2 is 1.84 bits per heavy atom. The summed E-state index contributed by atoms with van der Waals surface area (Å²) in [5.41, 5.74) is 2.49. The first-order valence-corrected chi connectivity index (χ1v) is 6.77. The molecular formula is C16H22N2O. The maximum absolute atomic E-state index is 9.25. The maximum atomic E-state index is 9.25. The highest BCUT2D eigenvalue weighted by atomic mass is 16.3. The van der Waals surface area contributed by atoms with Crippen molar-refractivity contribution < 1.29 is 5.11 Å². The van der Waals surface area contributed by atoms with Gasteiger partial charge in [0.15, 0.2) is 0 Å². The van der Waals surface area contributed by atoms with E-state index in [1.165, 1.54) is 11.1 Å². The van der Waals surface area contributed by atoms with Gasteiger partial charge in [0.25, 0.3) is 0 Å². The Balaban J connectivity index is 1.88. The van der Waals surface area contributed by atoms with Crippen LogP contribution in [0.1, 0.15) is 25.0 Å². The fourth-order valence-corrected chi connectivity index (χ4v) is 2.01. The van der Waals surface area contributed by atoms with Crippen LogP contribution >= 0.6 is 0 Å². The van der Waals surface area contributed by atoms with Gasteiger partial charge in [-0.1, -0.05) is 26.0 Å². The normalized spacial score (nSPS) is 11.1. The largest absolute Gasteiger partial charge is 0.508 e. The monoisotopic (exact) mass is 258 g/mol. The van der Waals surface area contributed by atoms with Crippen LogP contribution in [0.4, 0.5) is 0 Å². The van der Waals surface area contributed by atoms with Crippen molar-refractivity contribution in [1.82, 2.24) is 9.88 Å². The van der Waals surface area contributed by atoms with Crippen LogP contribution in [0.3, 0.4) is 0 Å². The molecule has 1 aromatic heterocycles. The summed E-state index contributed by atoms with van der Waals surface area (Å²) in [7, 11) is 0. The third-order valence-electron chi connectivity index (χ3n) is 2.99. The minimum absolute atomic E-state index is 0.315. The van der Waals surface area contributed by atoms with Crippen molar-refractivity contribution in [2.24, 2.45) is 5.92 Å². The number of hydrogen-bond donors (Lipinski definition) is 2. The Morgan fingerprint density at radius 1 is 1.11 bits per heavy atom. The second-order valence-electron chi connectivity index (χ2n) is 5.38. The lowest BCUT2D eigenvalue weighted by Crippen LogP contribution is -2.18. The highest BCUT2D eigenvalue weighted by Crippen LogP contribution is 2.11. The molecule has 3 heteroatoms. The van der Waals surface area contributed by atoms with E-state index in [2.05, 4.69) is 42.2 Å². The molecule has 0 saturated heterocycles. The molecule has 0 bridgehead atoms. The number of rotatable bonds is 6. The topological polar surface area (TPSA) is 37.2 Å². The highest BCUT2D eigenvalue weighted by molar-refractivity contribution is 5.26. The predicted molar refractivity (Wildman–Crippen MR) is 78.2 cm³/mol. The number of aromatic nitrogens is 1. The Hall–Kier alpha value is -1.74. The summed E-state index contributed by atoms with van der Waals surface area (Å²) in [6.45, 7) is 7.22. The van der Waals surface area contributed by atoms with E-state index in [9.17, 15) is 5.11 Å². The Morgan fingerprint density at radius 3 is 2.53 bits per heavy atom. The lowest BCUT2D eigenvalue weighted by Gasteiger charge is -2.06. The lowest BCUT2D eigenvalue weighted by molar-refractivity contribution is 0.475. The van der Waals surface area contributed by atoms with E-state index in [1.54, 1.807) is 12.1 Å². The van der Waals surface area contributed by atoms with Gasteiger partial charge in [-0.2, -0.15) is 0 Å². The number of nitrogens with zero attached hydrogens (tertiary/aromatic N) is 1. The molecule has 2 N–H and O–H groups in total. The fourth-order valence-electron chi connectivity index (χ4n) is 2.01. The first kappa shape index (κ1) is 13.7. The van der Waals surface area contributed by atoms with Gasteiger partial charge in [-0.3, -0.25) is 0 Å². The molecule has 0 saturated carbocycles. The molecule has 2 aromatic rings. The third kappa shape index (κ3) is 4.45. The summed E-state index contributed by atoms with van der Waals surface area (Å²) < 4.78 is 2.17. The minimum Gasteiger partial charge on any atom is -0.508 e. The van der Waals surface area contributed by atoms with E-state index in [-0.39, 0.29) is 0 Å². The molecule has 0 amide bonds. The number of phenolic OH excluding ortho intramolecular Hbond substituents is 1. The summed E-state index contributed by atoms with van der Waals surface area (Å²) in [6, 6.07) is 9.50. The van der Waals surface area contributed by atoms with Gasteiger partial charge >= 0.3 is 0 Å². The van der Waals surface area contributed by atoms with Crippen molar-refractivity contribution in [3.05, 3.63) is 53.9 Å². The lowest BCUT2D eigenvalue weighted by atomic mass is 10.2. The molecular weight excluding hydrogens is 236 g/mol. The molecule has 0 unspecified atom stereocenters. The summed E-state index contributed by atoms with van der Waals surface area (Å²) >= 11 is 0. The standard InChI is InChI=1S/C16H22N2O/c1-13(2)9-17-10-15-7-8-18(12-15)11-14-3-5-16(19)6-4-14/h3-8,12-13,17,19H,9-11H2,1-2H3. The van der Waals surface area contributed by atoms with Crippen LogP contribution in [0.15, 0.2) is 42.7 Å². The van der Waals surface area contributed by atoms with Crippen molar-refractivity contribution in [3.63, 3.8) is 0 Å². The van der Waals surface area contributed by atoms with Crippen molar-refractivity contribution in [2.45, 2.75) is 26.9 Å². The number of phenols is 1. The Labute approximate surface area is 114 Å². The maximum Gasteiger partial charge on any atom is 0.115 e. The van der Waals surface area contributed by atoms with Crippen molar-refractivity contribution in [2.75, 3.05) is 6.54 Å². The molecule has 2 rings (SSSR count). The van der Waals surface area contributed by atoms with Crippen LogP contribution in [-0.2, 0) is 13.1 Å². The molecule has 102 valence electrons.